The largest absolute Gasteiger partial charge is 0.472 e. The Morgan fingerprint density at radius 3 is 0.984 bits per heavy atom. The van der Waals surface area contributed by atoms with Gasteiger partial charge in [0.25, 0.3) is 0 Å². The topological polar surface area (TPSA) is 385 Å². The molecule has 0 aromatic rings. The van der Waals surface area contributed by atoms with Gasteiger partial charge in [-0.1, -0.05) is 382 Å². The summed E-state index contributed by atoms with van der Waals surface area (Å²) in [7, 11) is -11.3. The molecule has 0 spiro atoms. The van der Waals surface area contributed by atoms with Gasteiger partial charge >= 0.3 is 39.5 Å². The smallest absolute Gasteiger partial charge is 0.462 e. The van der Waals surface area contributed by atoms with Crippen LogP contribution >= 0.6 is 15.6 Å². The van der Waals surface area contributed by atoms with Crippen LogP contribution in [-0.2, 0) is 80.1 Å². The van der Waals surface area contributed by atoms with Crippen LogP contribution in [0.3, 0.4) is 0 Å². The summed E-state index contributed by atoms with van der Waals surface area (Å²) < 4.78 is 80.3. The Balaban J connectivity index is 2.82. The molecule has 0 aliphatic carbocycles. The van der Waals surface area contributed by atoms with Crippen LogP contribution in [0.1, 0.15) is 472 Å². The van der Waals surface area contributed by atoms with E-state index in [-0.39, 0.29) is 38.5 Å². The summed E-state index contributed by atoms with van der Waals surface area (Å²) in [6.07, 6.45) is 38.6. The number of nitrogens with one attached hydrogen (secondary N) is 2. The third kappa shape index (κ3) is 61.3. The summed E-state index contributed by atoms with van der Waals surface area (Å²) in [6.45, 7) is 11.0. The molecule has 0 saturated carbocycles. The summed E-state index contributed by atoms with van der Waals surface area (Å²) >= 11 is 0. The van der Waals surface area contributed by atoms with Crippen LogP contribution in [-0.4, -0.2) is 163 Å². The molecule has 0 aromatic carbocycles. The molecule has 2 rings (SSSR count). The standard InChI is InChI=1S/C94H178N2O24P2/c1-7-13-19-25-31-37-39-45-51-57-63-69-84(102)114-78(67-61-55-49-43-35-29-23-17-11-5)73-86(104)118-92-88(96-82(100)72-77(66-60-54-48-42-34-28-22-16-10-4)113-83(101)68-62-56-50-44-36-30-24-18-12-6)93(115-79(74-97)90(92)119-121(106,107)108)112-75-80-89(105)91(117-85(103)70-64-58-52-46-40-38-32-26-20-14-8-2)87(94(116-80)120-122(109,110)111)95-81(99)71-76(98)65-59-53-47-41-33-27-21-15-9-3/h76-80,87-94,97-98,105H,7-75H2,1-6H3,(H,95,99)(H,96,100)(H2,106,107,108)(H2,109,110,111)/t76?,77?,78?,79-,80-,87-,88-,89-,90-,91-,92-,93-,94-/m1/s1. The van der Waals surface area contributed by atoms with Crippen LogP contribution in [0.15, 0.2) is 0 Å². The summed E-state index contributed by atoms with van der Waals surface area (Å²) in [4.78, 5) is 128. The number of rotatable bonds is 84. The van der Waals surface area contributed by atoms with Crippen LogP contribution in [0.5, 0.6) is 0 Å². The Bertz CT molecular complexity index is 2680. The molecule has 9 N–H and O–H groups in total. The van der Waals surface area contributed by atoms with E-state index in [9.17, 15) is 63.2 Å². The van der Waals surface area contributed by atoms with E-state index in [2.05, 4.69) is 52.2 Å². The minimum absolute atomic E-state index is 0.0889. The molecule has 2 saturated heterocycles. The second-order valence-electron chi connectivity index (χ2n) is 35.3. The van der Waals surface area contributed by atoms with Crippen molar-refractivity contribution in [3.63, 3.8) is 0 Å². The highest BCUT2D eigenvalue weighted by molar-refractivity contribution is 7.46. The van der Waals surface area contributed by atoms with Crippen molar-refractivity contribution in [2.75, 3.05) is 13.2 Å². The number of hydrogen-bond donors (Lipinski definition) is 9. The van der Waals surface area contributed by atoms with Crippen LogP contribution in [0.25, 0.3) is 0 Å². The highest BCUT2D eigenvalue weighted by atomic mass is 31.2. The average Bonchev–Trinajstić information content (AvgIpc) is 0.779. The van der Waals surface area contributed by atoms with Crippen molar-refractivity contribution >= 4 is 51.3 Å². The van der Waals surface area contributed by atoms with Gasteiger partial charge in [-0.05, 0) is 51.4 Å². The van der Waals surface area contributed by atoms with Crippen LogP contribution in [0, 0.1) is 0 Å². The fourth-order valence-corrected chi connectivity index (χ4v) is 17.6. The third-order valence-electron chi connectivity index (χ3n) is 23.8. The molecular weight excluding hydrogens is 1600 g/mol. The lowest BCUT2D eigenvalue weighted by Gasteiger charge is -2.47. The van der Waals surface area contributed by atoms with E-state index in [0.717, 1.165) is 250 Å². The SMILES string of the molecule is CCCCCCCCCCCCCC(=O)OC(CCCCCCCCCCC)CC(=O)O[C@@H]1[C@@H](NC(=O)CC(CCCCCCCCCCC)OC(=O)CCCCCCCCCCC)[C@H](OC[C@H]2O[C@H](OP(=O)(O)O)[C@H](NC(=O)CC(O)CCCCCCCCCCC)[C@@H](OC(=O)CCCCCCCCCCCCC)[C@@H]2O)O[C@H](CO)[C@H]1OP(=O)(O)O. The second-order valence-corrected chi connectivity index (χ2v) is 37.7. The van der Waals surface area contributed by atoms with Gasteiger partial charge in [0.2, 0.25) is 11.8 Å². The Labute approximate surface area is 737 Å². The molecule has 2 fully saturated rings. The number of ether oxygens (including phenoxy) is 7. The number of unbranched alkanes of at least 4 members (excludes halogenated alkanes) is 52. The molecule has 2 aliphatic heterocycles. The quantitative estimate of drug-likeness (QED) is 0.0118. The first-order chi connectivity index (χ1) is 58.9. The molecule has 0 bridgehead atoms. The number of carbonyl (C=O) groups is 6. The van der Waals surface area contributed by atoms with E-state index in [1.165, 1.54) is 77.0 Å². The first-order valence-electron chi connectivity index (χ1n) is 49.7. The molecule has 718 valence electrons. The first-order valence-corrected chi connectivity index (χ1v) is 52.7. The van der Waals surface area contributed by atoms with E-state index in [0.29, 0.717) is 44.9 Å². The molecule has 0 radical (unpaired) electrons. The van der Waals surface area contributed by atoms with Gasteiger partial charge in [-0.25, -0.2) is 9.13 Å². The minimum Gasteiger partial charge on any atom is -0.462 e. The Morgan fingerprint density at radius 1 is 0.336 bits per heavy atom. The number of phosphoric ester groups is 2. The predicted molar refractivity (Wildman–Crippen MR) is 479 cm³/mol. The lowest BCUT2D eigenvalue weighted by atomic mass is 9.95. The number of carbonyl (C=O) groups excluding carboxylic acids is 6. The first kappa shape index (κ1) is 115. The number of esters is 4. The van der Waals surface area contributed by atoms with E-state index in [1.807, 2.05) is 0 Å². The highest BCUT2D eigenvalue weighted by Gasteiger charge is 2.55. The summed E-state index contributed by atoms with van der Waals surface area (Å²) in [5, 5.41) is 40.3. The van der Waals surface area contributed by atoms with E-state index < -0.39 is 163 Å². The van der Waals surface area contributed by atoms with E-state index in [1.54, 1.807) is 0 Å². The lowest BCUT2D eigenvalue weighted by molar-refractivity contribution is -0.296. The number of aliphatic hydroxyl groups excluding tert-OH is 3. The van der Waals surface area contributed by atoms with Crippen LogP contribution < -0.4 is 10.6 Å². The molecule has 26 nitrogen and oxygen atoms in total. The molecule has 3 unspecified atom stereocenters. The van der Waals surface area contributed by atoms with Gasteiger partial charge in [-0.2, -0.15) is 0 Å². The average molecular weight is 1780 g/mol. The van der Waals surface area contributed by atoms with Crippen molar-refractivity contribution in [3.8, 4) is 0 Å². The molecule has 2 aliphatic rings. The van der Waals surface area contributed by atoms with Gasteiger partial charge in [0, 0.05) is 19.3 Å². The van der Waals surface area contributed by atoms with E-state index in [4.69, 9.17) is 42.2 Å². The zero-order valence-electron chi connectivity index (χ0n) is 77.3. The van der Waals surface area contributed by atoms with Crippen molar-refractivity contribution in [3.05, 3.63) is 0 Å². The van der Waals surface area contributed by atoms with Gasteiger partial charge < -0.3 is 78.7 Å². The molecule has 122 heavy (non-hydrogen) atoms. The molecule has 28 heteroatoms. The summed E-state index contributed by atoms with van der Waals surface area (Å²) in [5.41, 5.74) is 0. The maximum absolute atomic E-state index is 15.2. The van der Waals surface area contributed by atoms with Gasteiger partial charge in [0.15, 0.2) is 24.8 Å². The molecule has 2 amide bonds. The van der Waals surface area contributed by atoms with Crippen LogP contribution in [0.4, 0.5) is 0 Å². The minimum atomic E-state index is -5.67. The Kier molecular flexibility index (Phi) is 71.2. The van der Waals surface area contributed by atoms with Crippen molar-refractivity contribution in [1.82, 2.24) is 10.6 Å². The van der Waals surface area contributed by atoms with Crippen molar-refractivity contribution < 1.29 is 115 Å². The molecule has 13 atom stereocenters. The Morgan fingerprint density at radius 2 is 0.631 bits per heavy atom. The van der Waals surface area contributed by atoms with Crippen molar-refractivity contribution in [2.24, 2.45) is 0 Å². The summed E-state index contributed by atoms with van der Waals surface area (Å²) in [6, 6.07) is -3.74. The molecular formula is C94H178N2O24P2. The van der Waals surface area contributed by atoms with Gasteiger partial charge in [-0.3, -0.25) is 37.8 Å². The maximum atomic E-state index is 15.2. The maximum Gasteiger partial charge on any atom is 0.472 e. The zero-order chi connectivity index (χ0) is 89.5. The monoisotopic (exact) mass is 1780 g/mol. The van der Waals surface area contributed by atoms with E-state index >= 15 is 9.59 Å². The number of phosphoric acid groups is 2. The fourth-order valence-electron chi connectivity index (χ4n) is 16.5. The fraction of sp³-hybridized carbons (Fsp3) is 0.936. The number of hydrogen-bond acceptors (Lipinski definition) is 20. The van der Waals surface area contributed by atoms with Crippen LogP contribution in [0.2, 0.25) is 0 Å². The van der Waals surface area contributed by atoms with Crippen molar-refractivity contribution in [1.29, 1.82) is 0 Å². The second kappa shape index (κ2) is 75.6. The predicted octanol–water partition coefficient (Wildman–Crippen LogP) is 21.6. The molecule has 2 heterocycles. The Hall–Kier alpha value is -3.20. The number of aliphatic hydroxyl groups is 3. The lowest BCUT2D eigenvalue weighted by Crippen LogP contribution is -2.68. The molecule has 0 aromatic heterocycles. The highest BCUT2D eigenvalue weighted by Crippen LogP contribution is 2.44. The number of amides is 2. The zero-order valence-corrected chi connectivity index (χ0v) is 79.0. The third-order valence-corrected chi connectivity index (χ3v) is 24.8. The van der Waals surface area contributed by atoms with Gasteiger partial charge in [-0.15, -0.1) is 0 Å². The normalized spacial score (nSPS) is 20.2. The summed E-state index contributed by atoms with van der Waals surface area (Å²) in [5.74, 6) is -4.68. The van der Waals surface area contributed by atoms with Crippen molar-refractivity contribution in [2.45, 2.75) is 551 Å². The van der Waals surface area contributed by atoms with Gasteiger partial charge in [0.1, 0.15) is 48.7 Å². The van der Waals surface area contributed by atoms with Gasteiger partial charge in [0.05, 0.1) is 38.6 Å².